The van der Waals surface area contributed by atoms with E-state index in [-0.39, 0.29) is 5.92 Å². The van der Waals surface area contributed by atoms with E-state index in [1.54, 1.807) is 0 Å². The van der Waals surface area contributed by atoms with Gasteiger partial charge in [-0.05, 0) is 41.9 Å². The minimum Gasteiger partial charge on any atom is -0.478 e. The van der Waals surface area contributed by atoms with Crippen LogP contribution in [-0.2, 0) is 4.79 Å². The van der Waals surface area contributed by atoms with E-state index in [9.17, 15) is 9.90 Å². The molecule has 0 amide bonds. The topological polar surface area (TPSA) is 37.3 Å². The van der Waals surface area contributed by atoms with Crippen LogP contribution in [0.2, 0.25) is 0 Å². The third kappa shape index (κ3) is 1.66. The highest BCUT2D eigenvalue weighted by atomic mass is 16.4. The van der Waals surface area contributed by atoms with Gasteiger partial charge in [0.05, 0.1) is 0 Å². The first-order valence-corrected chi connectivity index (χ1v) is 6.89. The van der Waals surface area contributed by atoms with Crippen molar-refractivity contribution in [1.29, 1.82) is 0 Å². The van der Waals surface area contributed by atoms with Gasteiger partial charge >= 0.3 is 5.97 Å². The summed E-state index contributed by atoms with van der Waals surface area (Å²) in [5, 5.41) is 9.27. The Hall–Kier alpha value is -1.31. The number of carboxylic acids is 1. The fraction of sp³-hybridized carbons (Fsp3) is 0.562. The zero-order valence-electron chi connectivity index (χ0n) is 10.9. The summed E-state index contributed by atoms with van der Waals surface area (Å²) in [6.45, 7) is 3.91. The Morgan fingerprint density at radius 3 is 2.61 bits per heavy atom. The van der Waals surface area contributed by atoms with Crippen LogP contribution in [0, 0.1) is 35.5 Å². The second-order valence-corrected chi connectivity index (χ2v) is 6.15. The van der Waals surface area contributed by atoms with E-state index >= 15 is 0 Å². The van der Waals surface area contributed by atoms with Gasteiger partial charge in [0.15, 0.2) is 0 Å². The fourth-order valence-corrected chi connectivity index (χ4v) is 3.98. The average molecular weight is 244 g/mol. The first-order chi connectivity index (χ1) is 8.58. The molecule has 2 bridgehead atoms. The molecule has 3 rings (SSSR count). The zero-order valence-corrected chi connectivity index (χ0v) is 10.9. The Morgan fingerprint density at radius 2 is 1.94 bits per heavy atom. The lowest BCUT2D eigenvalue weighted by atomic mass is 9.79. The largest absolute Gasteiger partial charge is 0.478 e. The van der Waals surface area contributed by atoms with Gasteiger partial charge in [0, 0.05) is 5.57 Å². The monoisotopic (exact) mass is 244 g/mol. The number of rotatable bonds is 3. The Kier molecular flexibility index (Phi) is 2.69. The van der Waals surface area contributed by atoms with E-state index in [1.807, 2.05) is 19.9 Å². The van der Waals surface area contributed by atoms with Crippen LogP contribution in [0.5, 0.6) is 0 Å². The summed E-state index contributed by atoms with van der Waals surface area (Å²) in [6, 6.07) is 0. The zero-order chi connectivity index (χ0) is 12.9. The van der Waals surface area contributed by atoms with Gasteiger partial charge in [-0.2, -0.15) is 0 Å². The number of fused-ring (bicyclic) bond motifs is 5. The molecule has 0 aromatic rings. The van der Waals surface area contributed by atoms with Crippen molar-refractivity contribution in [2.45, 2.75) is 20.3 Å². The van der Waals surface area contributed by atoms with Crippen LogP contribution in [0.1, 0.15) is 20.3 Å². The van der Waals surface area contributed by atoms with Gasteiger partial charge in [-0.3, -0.25) is 0 Å². The maximum Gasteiger partial charge on any atom is 0.331 e. The Balaban J connectivity index is 1.86. The highest BCUT2D eigenvalue weighted by Gasteiger charge is 2.48. The smallest absolute Gasteiger partial charge is 0.331 e. The van der Waals surface area contributed by atoms with Gasteiger partial charge in [0.2, 0.25) is 0 Å². The summed E-state index contributed by atoms with van der Waals surface area (Å²) in [5.74, 6) is 2.30. The molecule has 0 heterocycles. The molecule has 5 atom stereocenters. The van der Waals surface area contributed by atoms with Crippen LogP contribution in [0.3, 0.4) is 0 Å². The molecular formula is C16H20O2. The van der Waals surface area contributed by atoms with Gasteiger partial charge in [0.25, 0.3) is 0 Å². The van der Waals surface area contributed by atoms with Crippen molar-refractivity contribution in [3.05, 3.63) is 36.0 Å². The van der Waals surface area contributed by atoms with Crippen LogP contribution in [0.4, 0.5) is 0 Å². The first kappa shape index (κ1) is 11.8. The predicted molar refractivity (Wildman–Crippen MR) is 70.9 cm³/mol. The van der Waals surface area contributed by atoms with Crippen molar-refractivity contribution in [2.75, 3.05) is 0 Å². The molecule has 1 fully saturated rings. The van der Waals surface area contributed by atoms with Crippen molar-refractivity contribution < 1.29 is 9.90 Å². The third-order valence-electron chi connectivity index (χ3n) is 4.82. The van der Waals surface area contributed by atoms with Crippen LogP contribution >= 0.6 is 0 Å². The summed E-state index contributed by atoms with van der Waals surface area (Å²) in [6.07, 6.45) is 12.5. The second-order valence-electron chi connectivity index (χ2n) is 6.15. The summed E-state index contributed by atoms with van der Waals surface area (Å²) in [4.78, 5) is 11.3. The van der Waals surface area contributed by atoms with Crippen LogP contribution in [0.25, 0.3) is 0 Å². The minimum absolute atomic E-state index is 0.0871. The molecule has 0 radical (unpaired) electrons. The van der Waals surface area contributed by atoms with Crippen LogP contribution in [0.15, 0.2) is 36.0 Å². The van der Waals surface area contributed by atoms with Crippen molar-refractivity contribution in [1.82, 2.24) is 0 Å². The van der Waals surface area contributed by atoms with Gasteiger partial charge < -0.3 is 5.11 Å². The summed E-state index contributed by atoms with van der Waals surface area (Å²) in [7, 11) is 0. The Morgan fingerprint density at radius 1 is 1.22 bits per heavy atom. The van der Waals surface area contributed by atoms with Crippen LogP contribution < -0.4 is 0 Å². The third-order valence-corrected chi connectivity index (χ3v) is 4.82. The van der Waals surface area contributed by atoms with Gasteiger partial charge in [-0.15, -0.1) is 0 Å². The molecule has 96 valence electrons. The average Bonchev–Trinajstić information content (AvgIpc) is 2.98. The maximum absolute atomic E-state index is 11.3. The fourth-order valence-electron chi connectivity index (χ4n) is 3.98. The minimum atomic E-state index is -0.763. The van der Waals surface area contributed by atoms with E-state index < -0.39 is 5.97 Å². The molecule has 2 nitrogen and oxygen atoms in total. The predicted octanol–water partition coefficient (Wildman–Crippen LogP) is 3.28. The van der Waals surface area contributed by atoms with Crippen molar-refractivity contribution >= 4 is 5.97 Å². The lowest BCUT2D eigenvalue weighted by molar-refractivity contribution is -0.133. The highest BCUT2D eigenvalue weighted by Crippen LogP contribution is 2.55. The number of carbonyl (C=O) groups is 1. The normalized spacial score (nSPS) is 40.8. The van der Waals surface area contributed by atoms with Crippen molar-refractivity contribution in [3.63, 3.8) is 0 Å². The van der Waals surface area contributed by atoms with Crippen molar-refractivity contribution in [2.24, 2.45) is 35.5 Å². The standard InChI is InChI=1S/C16H20O2/c1-9(2)14(16(17)18)8-12-5-6-13-10-3-4-11(7-10)15(12)13/h3-6,8-13,15H,7H2,1-2H3,(H,17,18). The summed E-state index contributed by atoms with van der Waals surface area (Å²) >= 11 is 0. The van der Waals surface area contributed by atoms with Crippen LogP contribution in [-0.4, -0.2) is 11.1 Å². The van der Waals surface area contributed by atoms with Gasteiger partial charge in [-0.25, -0.2) is 4.79 Å². The number of allylic oxidation sites excluding steroid dienone is 5. The molecule has 5 unspecified atom stereocenters. The molecule has 3 aliphatic rings. The second kappa shape index (κ2) is 4.11. The summed E-state index contributed by atoms with van der Waals surface area (Å²) < 4.78 is 0. The van der Waals surface area contributed by atoms with Crippen molar-refractivity contribution in [3.8, 4) is 0 Å². The number of hydrogen-bond donors (Lipinski definition) is 1. The molecule has 2 heteroatoms. The Labute approximate surface area is 108 Å². The molecule has 18 heavy (non-hydrogen) atoms. The highest BCUT2D eigenvalue weighted by molar-refractivity contribution is 5.87. The molecule has 0 saturated heterocycles. The lowest BCUT2D eigenvalue weighted by Gasteiger charge is -2.25. The molecule has 0 aromatic heterocycles. The van der Waals surface area contributed by atoms with E-state index in [2.05, 4.69) is 24.3 Å². The molecular weight excluding hydrogens is 224 g/mol. The van der Waals surface area contributed by atoms with E-state index in [0.29, 0.717) is 35.2 Å². The molecule has 0 aromatic carbocycles. The number of carboxylic acid groups (broad SMARTS) is 1. The quantitative estimate of drug-likeness (QED) is 0.611. The summed E-state index contributed by atoms with van der Waals surface area (Å²) in [5.41, 5.74) is 0.567. The van der Waals surface area contributed by atoms with Gasteiger partial charge in [-0.1, -0.05) is 44.2 Å². The molecule has 1 saturated carbocycles. The van der Waals surface area contributed by atoms with E-state index in [0.717, 1.165) is 0 Å². The first-order valence-electron chi connectivity index (χ1n) is 6.89. The molecule has 3 aliphatic carbocycles. The molecule has 1 N–H and O–H groups in total. The Bertz CT molecular complexity index is 456. The molecule has 0 aliphatic heterocycles. The maximum atomic E-state index is 11.3. The number of aliphatic carboxylic acids is 1. The van der Waals surface area contributed by atoms with E-state index in [1.165, 1.54) is 6.42 Å². The SMILES string of the molecule is CC(C)C(=CC1C=CC2C3C=CC(C3)C12)C(=O)O. The van der Waals surface area contributed by atoms with Gasteiger partial charge in [0.1, 0.15) is 0 Å². The number of hydrogen-bond acceptors (Lipinski definition) is 1. The lowest BCUT2D eigenvalue weighted by Crippen LogP contribution is -2.20. The molecule has 0 spiro atoms. The van der Waals surface area contributed by atoms with E-state index in [4.69, 9.17) is 0 Å².